The maximum absolute atomic E-state index is 14.8. The summed E-state index contributed by atoms with van der Waals surface area (Å²) in [4.78, 5) is 43.7. The highest BCUT2D eigenvalue weighted by molar-refractivity contribution is 7.21. The molecule has 3 N–H and O–H groups in total. The van der Waals surface area contributed by atoms with Crippen LogP contribution in [-0.4, -0.2) is 79.0 Å². The van der Waals surface area contributed by atoms with Crippen LogP contribution in [0.2, 0.25) is 0 Å². The first-order valence-corrected chi connectivity index (χ1v) is 13.8. The molecule has 1 saturated heterocycles. The van der Waals surface area contributed by atoms with E-state index in [2.05, 4.69) is 35.8 Å². The number of anilines is 5. The van der Waals surface area contributed by atoms with Crippen molar-refractivity contribution in [3.05, 3.63) is 53.6 Å². The molecule has 0 atom stereocenters. The van der Waals surface area contributed by atoms with Gasteiger partial charge in [-0.25, -0.2) is 29.0 Å². The molecule has 0 unspecified atom stereocenters. The fourth-order valence-corrected chi connectivity index (χ4v) is 5.73. The van der Waals surface area contributed by atoms with E-state index in [1.165, 1.54) is 18.5 Å². The van der Waals surface area contributed by atoms with Gasteiger partial charge in [0.25, 0.3) is 5.91 Å². The van der Waals surface area contributed by atoms with Gasteiger partial charge in [-0.1, -0.05) is 11.5 Å². The fourth-order valence-electron chi connectivity index (χ4n) is 4.75. The van der Waals surface area contributed by atoms with Crippen LogP contribution in [0.5, 0.6) is 0 Å². The zero-order valence-corrected chi connectivity index (χ0v) is 22.6. The van der Waals surface area contributed by atoms with Gasteiger partial charge in [-0.2, -0.15) is 0 Å². The van der Waals surface area contributed by atoms with Crippen LogP contribution < -0.4 is 26.3 Å². The minimum atomic E-state index is -0.617. The van der Waals surface area contributed by atoms with Crippen molar-refractivity contribution < 1.29 is 18.7 Å². The number of carbonyl (C=O) groups is 2. The Kier molecular flexibility index (Phi) is 7.28. The molecule has 2 aliphatic rings. The third-order valence-corrected chi connectivity index (χ3v) is 7.84. The van der Waals surface area contributed by atoms with Crippen LogP contribution in [0.15, 0.2) is 42.9 Å². The Morgan fingerprint density at radius 1 is 1.18 bits per heavy atom. The molecule has 40 heavy (non-hydrogen) atoms. The summed E-state index contributed by atoms with van der Waals surface area (Å²) in [6, 6.07) is 7.54. The Labute approximate surface area is 234 Å². The maximum atomic E-state index is 14.8. The Bertz CT molecular complexity index is 1580. The largest absolute Gasteiger partial charge is 0.379 e. The Morgan fingerprint density at radius 3 is 2.80 bits per heavy atom. The molecule has 14 heteroatoms. The quantitative estimate of drug-likeness (QED) is 0.222. The Hall–Kier alpha value is -4.14. The molecule has 5 heterocycles. The minimum absolute atomic E-state index is 0.0619. The molecule has 3 aromatic heterocycles. The zero-order chi connectivity index (χ0) is 27.6. The van der Waals surface area contributed by atoms with E-state index in [9.17, 15) is 14.0 Å². The van der Waals surface area contributed by atoms with Gasteiger partial charge in [-0.15, -0.1) is 11.3 Å². The van der Waals surface area contributed by atoms with Gasteiger partial charge in [0.15, 0.2) is 5.82 Å². The number of carbonyl (C=O) groups excluding carboxylic acids is 2. The van der Waals surface area contributed by atoms with Gasteiger partial charge in [0.1, 0.15) is 35.5 Å². The van der Waals surface area contributed by atoms with Crippen molar-refractivity contribution in [2.45, 2.75) is 6.42 Å². The predicted molar refractivity (Wildman–Crippen MR) is 156 cm³/mol. The number of rotatable bonds is 8. The molecule has 2 aliphatic heterocycles. The molecule has 1 aromatic carbocycles. The number of thiophene rings is 1. The fraction of sp³-hybridized carbons (Fsp3) is 0.269. The van der Waals surface area contributed by atoms with Gasteiger partial charge in [0.05, 0.1) is 41.9 Å². The molecule has 11 nitrogen and oxygen atoms in total. The van der Waals surface area contributed by atoms with E-state index >= 15 is 0 Å². The van der Waals surface area contributed by atoms with Gasteiger partial charge in [-0.3, -0.25) is 9.69 Å². The first kappa shape index (κ1) is 26.1. The second-order valence-electron chi connectivity index (χ2n) is 9.52. The average Bonchev–Trinajstić information content (AvgIpc) is 3.33. The molecule has 0 spiro atoms. The predicted octanol–water partition coefficient (Wildman–Crippen LogP) is 2.55. The number of pyridine rings is 1. The van der Waals surface area contributed by atoms with Crippen molar-refractivity contribution in [1.82, 2.24) is 19.9 Å². The van der Waals surface area contributed by atoms with Gasteiger partial charge >= 0.3 is 6.03 Å². The number of benzene rings is 1. The number of urea groups is 1. The first-order valence-electron chi connectivity index (χ1n) is 12.9. The third kappa shape index (κ3) is 5.20. The van der Waals surface area contributed by atoms with Crippen LogP contribution in [0.1, 0.15) is 16.1 Å². The minimum Gasteiger partial charge on any atom is -0.379 e. The Morgan fingerprint density at radius 2 is 2.02 bits per heavy atom. The molecule has 204 valence electrons. The number of hydrogen-bond acceptors (Lipinski definition) is 9. The summed E-state index contributed by atoms with van der Waals surface area (Å²) >= 11 is 1.12. The maximum Gasteiger partial charge on any atom is 0.332 e. The summed E-state index contributed by atoms with van der Waals surface area (Å²) < 4.78 is 20.2. The number of hydrogen-bond donors (Lipinski definition) is 3. The summed E-state index contributed by atoms with van der Waals surface area (Å²) in [6.45, 7) is 5.30. The first-order chi connectivity index (χ1) is 19.5. The second-order valence-corrected chi connectivity index (χ2v) is 10.5. The zero-order valence-electron chi connectivity index (χ0n) is 21.7. The number of aromatic nitrogens is 3. The van der Waals surface area contributed by atoms with Gasteiger partial charge in [0.2, 0.25) is 0 Å². The number of halogens is 1. The van der Waals surface area contributed by atoms with Gasteiger partial charge in [0, 0.05) is 19.6 Å². The molecule has 4 aromatic rings. The monoisotopic (exact) mass is 560 g/mol. The summed E-state index contributed by atoms with van der Waals surface area (Å²) in [6.07, 6.45) is 3.86. The standard InChI is InChI=1S/C26H26BFN8O3S/c27-15-2-4-18(17(28)12-15)36-23-20-21(34-26(36)38)22(40-25(20)32-14-31-23)24(37)33-16-3-5-19(30-13-16)29-6-1-7-35-8-10-39-11-9-35/h2-5,12-14H,1,6-11,27H2,(H,29,30)(H,33,37)(H,34,38). The van der Waals surface area contributed by atoms with E-state index in [-0.39, 0.29) is 16.4 Å². The SMILES string of the molecule is Bc1ccc(N2C(=O)Nc3c(C(=O)Nc4ccc(NCCCN5CCOCC5)nc4)sc4ncnc2c34)c(F)c1. The van der Waals surface area contributed by atoms with Crippen LogP contribution in [0.25, 0.3) is 10.2 Å². The van der Waals surface area contributed by atoms with Crippen LogP contribution in [0.4, 0.5) is 37.9 Å². The number of morpholine rings is 1. The van der Waals surface area contributed by atoms with E-state index in [4.69, 9.17) is 4.74 Å². The molecular weight excluding hydrogens is 534 g/mol. The molecule has 0 saturated carbocycles. The molecule has 0 aliphatic carbocycles. The summed E-state index contributed by atoms with van der Waals surface area (Å²) in [5.41, 5.74) is 1.59. The highest BCUT2D eigenvalue weighted by atomic mass is 32.1. The van der Waals surface area contributed by atoms with E-state index in [0.29, 0.717) is 27.4 Å². The van der Waals surface area contributed by atoms with Crippen molar-refractivity contribution in [2.75, 3.05) is 60.2 Å². The van der Waals surface area contributed by atoms with Gasteiger partial charge in [-0.05, 0) is 37.2 Å². The smallest absolute Gasteiger partial charge is 0.332 e. The van der Waals surface area contributed by atoms with E-state index in [1.54, 1.807) is 32.2 Å². The second kappa shape index (κ2) is 11.2. The van der Waals surface area contributed by atoms with Crippen LogP contribution in [-0.2, 0) is 4.74 Å². The summed E-state index contributed by atoms with van der Waals surface area (Å²) in [7, 11) is 1.77. The molecule has 0 bridgehead atoms. The topological polar surface area (TPSA) is 125 Å². The lowest BCUT2D eigenvalue weighted by Gasteiger charge is -2.27. The van der Waals surface area contributed by atoms with Crippen molar-refractivity contribution in [3.8, 4) is 0 Å². The molecular formula is C26H26BFN8O3S. The lowest BCUT2D eigenvalue weighted by Crippen LogP contribution is -2.37. The molecule has 0 radical (unpaired) electrons. The lowest BCUT2D eigenvalue weighted by atomic mass is 9.96. The number of nitrogens with one attached hydrogen (secondary N) is 3. The van der Waals surface area contributed by atoms with E-state index in [1.807, 2.05) is 0 Å². The third-order valence-electron chi connectivity index (χ3n) is 6.75. The van der Waals surface area contributed by atoms with Crippen LogP contribution in [0.3, 0.4) is 0 Å². The van der Waals surface area contributed by atoms with Crippen LogP contribution >= 0.6 is 11.3 Å². The summed E-state index contributed by atoms with van der Waals surface area (Å²) in [5.74, 6) is -0.0478. The van der Waals surface area contributed by atoms with Crippen molar-refractivity contribution in [1.29, 1.82) is 0 Å². The van der Waals surface area contributed by atoms with Crippen LogP contribution in [0, 0.1) is 5.82 Å². The molecule has 6 rings (SSSR count). The van der Waals surface area contributed by atoms with E-state index < -0.39 is 17.8 Å². The molecule has 3 amide bonds. The molecule has 1 fully saturated rings. The highest BCUT2D eigenvalue weighted by Gasteiger charge is 2.35. The number of nitrogens with zero attached hydrogens (tertiary/aromatic N) is 5. The Balaban J connectivity index is 1.16. The van der Waals surface area contributed by atoms with Gasteiger partial charge < -0.3 is 20.7 Å². The summed E-state index contributed by atoms with van der Waals surface area (Å²) in [5, 5.41) is 9.36. The highest BCUT2D eigenvalue weighted by Crippen LogP contribution is 2.45. The number of amides is 3. The van der Waals surface area contributed by atoms with Crippen molar-refractivity contribution >= 4 is 75.5 Å². The van der Waals surface area contributed by atoms with Crippen molar-refractivity contribution in [2.24, 2.45) is 0 Å². The normalized spacial score (nSPS) is 15.2. The lowest BCUT2D eigenvalue weighted by molar-refractivity contribution is 0.0378. The number of ether oxygens (including phenoxy) is 1. The van der Waals surface area contributed by atoms with Crippen molar-refractivity contribution in [3.63, 3.8) is 0 Å². The van der Waals surface area contributed by atoms with E-state index in [0.717, 1.165) is 67.5 Å². The average molecular weight is 560 g/mol.